The highest BCUT2D eigenvalue weighted by molar-refractivity contribution is 5.84. The third-order valence-electron chi connectivity index (χ3n) is 5.60. The van der Waals surface area contributed by atoms with Crippen LogP contribution in [0.1, 0.15) is 32.4 Å². The summed E-state index contributed by atoms with van der Waals surface area (Å²) < 4.78 is 11.1. The maximum Gasteiger partial charge on any atom is 0.313 e. The minimum Gasteiger partial charge on any atom is -0.469 e. The highest BCUT2D eigenvalue weighted by Gasteiger charge is 2.53. The normalized spacial score (nSPS) is 26.1. The van der Waals surface area contributed by atoms with Crippen LogP contribution in [0.5, 0.6) is 0 Å². The summed E-state index contributed by atoms with van der Waals surface area (Å²) >= 11 is 0. The summed E-state index contributed by atoms with van der Waals surface area (Å²) in [5.74, 6) is -1.39. The SMILES string of the molecule is C=C[C@@H]1O[C@@H]2C=CCN([C@@H](C(=O)NC(C)(C)C)c3ccc([N+](=O)[O-])cc3)[C@H]2[C@@H]1C(=O)OC. The zero-order chi connectivity index (χ0) is 23.6. The Morgan fingerprint density at radius 2 is 2.00 bits per heavy atom. The molecule has 0 spiro atoms. The third-order valence-corrected chi connectivity index (χ3v) is 5.60. The number of fused-ring (bicyclic) bond motifs is 1. The summed E-state index contributed by atoms with van der Waals surface area (Å²) in [5.41, 5.74) is 0.0131. The van der Waals surface area contributed by atoms with Crippen LogP contribution in [0.3, 0.4) is 0 Å². The Kier molecular flexibility index (Phi) is 6.80. The van der Waals surface area contributed by atoms with E-state index < -0.39 is 46.6 Å². The molecule has 0 bridgehead atoms. The molecule has 0 saturated carbocycles. The Balaban J connectivity index is 2.07. The monoisotopic (exact) mass is 443 g/mol. The van der Waals surface area contributed by atoms with Crippen molar-refractivity contribution in [3.63, 3.8) is 0 Å². The van der Waals surface area contributed by atoms with Crippen molar-refractivity contribution in [2.24, 2.45) is 5.92 Å². The number of esters is 1. The van der Waals surface area contributed by atoms with Crippen molar-refractivity contribution in [3.8, 4) is 0 Å². The highest BCUT2D eigenvalue weighted by Crippen LogP contribution is 2.40. The van der Waals surface area contributed by atoms with Gasteiger partial charge in [0, 0.05) is 24.2 Å². The lowest BCUT2D eigenvalue weighted by Gasteiger charge is -2.41. The maximum absolute atomic E-state index is 13.5. The van der Waals surface area contributed by atoms with Crippen LogP contribution in [0.4, 0.5) is 5.69 Å². The van der Waals surface area contributed by atoms with Gasteiger partial charge in [0.05, 0.1) is 30.3 Å². The molecule has 1 N–H and O–H groups in total. The number of benzene rings is 1. The first-order chi connectivity index (χ1) is 15.1. The average molecular weight is 444 g/mol. The number of nitro groups is 1. The van der Waals surface area contributed by atoms with Crippen LogP contribution in [0.2, 0.25) is 0 Å². The smallest absolute Gasteiger partial charge is 0.313 e. The lowest BCUT2D eigenvalue weighted by atomic mass is 9.87. The van der Waals surface area contributed by atoms with Gasteiger partial charge in [0.15, 0.2) is 0 Å². The van der Waals surface area contributed by atoms with Crippen molar-refractivity contribution in [2.45, 2.75) is 50.6 Å². The van der Waals surface area contributed by atoms with E-state index in [9.17, 15) is 19.7 Å². The number of hydrogen-bond acceptors (Lipinski definition) is 7. The number of methoxy groups -OCH3 is 1. The van der Waals surface area contributed by atoms with Crippen molar-refractivity contribution in [3.05, 3.63) is 64.8 Å². The van der Waals surface area contributed by atoms with Crippen LogP contribution >= 0.6 is 0 Å². The topological polar surface area (TPSA) is 111 Å². The van der Waals surface area contributed by atoms with E-state index >= 15 is 0 Å². The number of nitrogens with one attached hydrogen (secondary N) is 1. The van der Waals surface area contributed by atoms with Crippen molar-refractivity contribution in [1.29, 1.82) is 0 Å². The van der Waals surface area contributed by atoms with E-state index in [2.05, 4.69) is 11.9 Å². The van der Waals surface area contributed by atoms with Crippen molar-refractivity contribution in [1.82, 2.24) is 10.2 Å². The molecule has 1 amide bonds. The van der Waals surface area contributed by atoms with Gasteiger partial charge in [-0.1, -0.05) is 30.4 Å². The first-order valence-corrected chi connectivity index (χ1v) is 10.4. The Bertz CT molecular complexity index is 921. The molecule has 1 aromatic carbocycles. The fourth-order valence-corrected chi connectivity index (χ4v) is 4.34. The number of rotatable bonds is 6. The predicted molar refractivity (Wildman–Crippen MR) is 118 cm³/mol. The molecule has 1 saturated heterocycles. The summed E-state index contributed by atoms with van der Waals surface area (Å²) in [4.78, 5) is 38.7. The molecular formula is C23H29N3O6. The van der Waals surface area contributed by atoms with Gasteiger partial charge in [0.25, 0.3) is 5.69 Å². The zero-order valence-corrected chi connectivity index (χ0v) is 18.7. The van der Waals surface area contributed by atoms with Gasteiger partial charge in [-0.3, -0.25) is 24.6 Å². The van der Waals surface area contributed by atoms with Gasteiger partial charge in [-0.2, -0.15) is 0 Å². The standard InChI is InChI=1S/C23H29N3O6/c1-6-16-18(22(28)31-5)20-17(32-16)8-7-13-25(20)19(21(27)24-23(2,3)4)14-9-11-15(12-10-14)26(29)30/h6-12,16-20H,1,13H2,2-5H3,(H,24,27)/t16-,17+,18+,19+,20+/m0/s1. The number of nitrogens with zero attached hydrogens (tertiary/aromatic N) is 2. The van der Waals surface area contributed by atoms with Crippen LogP contribution in [0.25, 0.3) is 0 Å². The van der Waals surface area contributed by atoms with Crippen molar-refractivity contribution in [2.75, 3.05) is 13.7 Å². The number of amides is 1. The quantitative estimate of drug-likeness (QED) is 0.311. The summed E-state index contributed by atoms with van der Waals surface area (Å²) in [5, 5.41) is 14.1. The van der Waals surface area contributed by atoms with Crippen LogP contribution in [0, 0.1) is 16.0 Å². The zero-order valence-electron chi connectivity index (χ0n) is 18.7. The molecular weight excluding hydrogens is 414 g/mol. The highest BCUT2D eigenvalue weighted by atomic mass is 16.6. The van der Waals surface area contributed by atoms with Gasteiger partial charge in [-0.05, 0) is 26.3 Å². The summed E-state index contributed by atoms with van der Waals surface area (Å²) in [7, 11) is 1.32. The first kappa shape index (κ1) is 23.6. The van der Waals surface area contributed by atoms with Gasteiger partial charge in [-0.15, -0.1) is 6.58 Å². The molecule has 1 fully saturated rings. The van der Waals surface area contributed by atoms with E-state index in [1.54, 1.807) is 18.2 Å². The minimum absolute atomic E-state index is 0.0662. The van der Waals surface area contributed by atoms with E-state index in [0.29, 0.717) is 12.1 Å². The van der Waals surface area contributed by atoms with Crippen molar-refractivity contribution >= 4 is 17.6 Å². The molecule has 9 heteroatoms. The van der Waals surface area contributed by atoms with Gasteiger partial charge in [0.1, 0.15) is 12.0 Å². The second-order valence-corrected chi connectivity index (χ2v) is 8.96. The molecule has 0 unspecified atom stereocenters. The van der Waals surface area contributed by atoms with Crippen LogP contribution < -0.4 is 5.32 Å². The molecule has 0 radical (unpaired) electrons. The lowest BCUT2D eigenvalue weighted by molar-refractivity contribution is -0.384. The molecule has 3 rings (SSSR count). The van der Waals surface area contributed by atoms with E-state index in [0.717, 1.165) is 0 Å². The average Bonchev–Trinajstić information content (AvgIpc) is 3.12. The van der Waals surface area contributed by atoms with Gasteiger partial charge >= 0.3 is 5.97 Å². The molecule has 0 aromatic heterocycles. The molecule has 5 atom stereocenters. The Morgan fingerprint density at radius 1 is 1.34 bits per heavy atom. The number of hydrogen-bond donors (Lipinski definition) is 1. The van der Waals surface area contributed by atoms with E-state index in [1.165, 1.54) is 19.2 Å². The summed E-state index contributed by atoms with van der Waals surface area (Å²) in [6, 6.07) is 4.63. The summed E-state index contributed by atoms with van der Waals surface area (Å²) in [6.45, 7) is 9.80. The van der Waals surface area contributed by atoms with Crippen molar-refractivity contribution < 1.29 is 24.0 Å². The molecule has 2 aliphatic rings. The molecule has 172 valence electrons. The second kappa shape index (κ2) is 9.22. The lowest BCUT2D eigenvalue weighted by Crippen LogP contribution is -2.55. The molecule has 2 heterocycles. The number of nitro benzene ring substituents is 1. The Morgan fingerprint density at radius 3 is 2.53 bits per heavy atom. The first-order valence-electron chi connectivity index (χ1n) is 10.4. The van der Waals surface area contributed by atoms with Gasteiger partial charge in [-0.25, -0.2) is 0 Å². The molecule has 0 aliphatic carbocycles. The predicted octanol–water partition coefficient (Wildman–Crippen LogP) is 2.53. The molecule has 32 heavy (non-hydrogen) atoms. The van der Waals surface area contributed by atoms with Crippen LogP contribution in [-0.2, 0) is 19.1 Å². The van der Waals surface area contributed by atoms with Crippen LogP contribution in [-0.4, -0.2) is 59.1 Å². The van der Waals surface area contributed by atoms with Gasteiger partial charge in [0.2, 0.25) is 5.91 Å². The number of non-ortho nitro benzene ring substituents is 1. The fraction of sp³-hybridized carbons (Fsp3) is 0.478. The third kappa shape index (κ3) is 4.73. The number of carbonyl (C=O) groups excluding carboxylic acids is 2. The maximum atomic E-state index is 13.5. The summed E-state index contributed by atoms with van der Waals surface area (Å²) in [6.07, 6.45) is 4.35. The van der Waals surface area contributed by atoms with E-state index in [-0.39, 0.29) is 11.6 Å². The molecule has 2 aliphatic heterocycles. The fourth-order valence-electron chi connectivity index (χ4n) is 4.34. The van der Waals surface area contributed by atoms with E-state index in [4.69, 9.17) is 9.47 Å². The van der Waals surface area contributed by atoms with E-state index in [1.807, 2.05) is 37.8 Å². The minimum atomic E-state index is -0.799. The second-order valence-electron chi connectivity index (χ2n) is 8.96. The number of carbonyl (C=O) groups is 2. The molecule has 1 aromatic rings. The Hall–Kier alpha value is -3.04. The number of ether oxygens (including phenoxy) is 2. The Labute approximate surface area is 187 Å². The largest absolute Gasteiger partial charge is 0.469 e. The molecule has 9 nitrogen and oxygen atoms in total. The van der Waals surface area contributed by atoms with Crippen LogP contribution in [0.15, 0.2) is 49.1 Å². The van der Waals surface area contributed by atoms with Gasteiger partial charge < -0.3 is 14.8 Å².